The molecule has 0 bridgehead atoms. The molecule has 1 N–H and O–H groups in total. The van der Waals surface area contributed by atoms with Crippen molar-refractivity contribution in [2.45, 2.75) is 12.1 Å². The summed E-state index contributed by atoms with van der Waals surface area (Å²) in [4.78, 5) is 16.4. The smallest absolute Gasteiger partial charge is 0.236 e. The molecule has 118 valence electrons. The van der Waals surface area contributed by atoms with Crippen LogP contribution in [0.25, 0.3) is 11.3 Å². The number of anilines is 1. The average Bonchev–Trinajstić information content (AvgIpc) is 3.15. The van der Waals surface area contributed by atoms with Crippen molar-refractivity contribution in [3.05, 3.63) is 41.5 Å². The molecule has 0 atom stereocenters. The third kappa shape index (κ3) is 3.96. The number of hydrogen-bond donors (Lipinski definition) is 1. The highest BCUT2D eigenvalue weighted by Gasteiger charge is 2.10. The molecule has 3 aromatic rings. The second-order valence-corrected chi connectivity index (χ2v) is 6.77. The van der Waals surface area contributed by atoms with Crippen molar-refractivity contribution in [3.63, 3.8) is 0 Å². The van der Waals surface area contributed by atoms with Gasteiger partial charge >= 0.3 is 0 Å². The van der Waals surface area contributed by atoms with Gasteiger partial charge in [0.05, 0.1) is 11.4 Å². The minimum atomic E-state index is -0.109. The molecule has 1 amide bonds. The molecule has 0 aliphatic carbocycles. The normalized spacial score (nSPS) is 10.7. The average molecular weight is 345 g/mol. The maximum atomic E-state index is 12.0. The van der Waals surface area contributed by atoms with Crippen molar-refractivity contribution in [2.24, 2.45) is 7.05 Å². The highest BCUT2D eigenvalue weighted by Crippen LogP contribution is 2.25. The lowest BCUT2D eigenvalue weighted by molar-refractivity contribution is -0.113. The van der Waals surface area contributed by atoms with Gasteiger partial charge in [-0.2, -0.15) is 0 Å². The molecule has 6 nitrogen and oxygen atoms in total. The third-order valence-electron chi connectivity index (χ3n) is 3.10. The molecule has 3 rings (SSSR count). The van der Waals surface area contributed by atoms with Crippen LogP contribution in [0.3, 0.4) is 0 Å². The Morgan fingerprint density at radius 2 is 2.13 bits per heavy atom. The van der Waals surface area contributed by atoms with E-state index in [2.05, 4.69) is 20.5 Å². The van der Waals surface area contributed by atoms with Crippen molar-refractivity contribution < 1.29 is 4.79 Å². The molecule has 0 fully saturated rings. The van der Waals surface area contributed by atoms with E-state index in [-0.39, 0.29) is 11.7 Å². The summed E-state index contributed by atoms with van der Waals surface area (Å²) in [6.45, 7) is 2.05. The largest absolute Gasteiger partial charge is 0.312 e. The summed E-state index contributed by atoms with van der Waals surface area (Å²) in [5, 5.41) is 13.8. The van der Waals surface area contributed by atoms with Crippen molar-refractivity contribution >= 4 is 34.1 Å². The van der Waals surface area contributed by atoms with Crippen LogP contribution in [-0.2, 0) is 11.8 Å². The molecule has 0 aliphatic rings. The first-order valence-corrected chi connectivity index (χ1v) is 8.77. The lowest BCUT2D eigenvalue weighted by atomic mass is 10.1. The number of benzene rings is 1. The van der Waals surface area contributed by atoms with E-state index in [1.165, 1.54) is 28.7 Å². The molecule has 2 heterocycles. The highest BCUT2D eigenvalue weighted by atomic mass is 32.2. The summed E-state index contributed by atoms with van der Waals surface area (Å²) >= 11 is 2.76. The summed E-state index contributed by atoms with van der Waals surface area (Å²) in [5.74, 6) is 0.161. The fourth-order valence-electron chi connectivity index (χ4n) is 1.88. The fraction of sp³-hybridized carbons (Fsp3) is 0.200. The molecular weight excluding hydrogens is 330 g/mol. The zero-order valence-electron chi connectivity index (χ0n) is 12.7. The fourth-order valence-corrected chi connectivity index (χ4v) is 3.30. The van der Waals surface area contributed by atoms with Crippen LogP contribution in [0.2, 0.25) is 0 Å². The summed E-state index contributed by atoms with van der Waals surface area (Å²) in [5.41, 5.74) is 3.12. The lowest BCUT2D eigenvalue weighted by Crippen LogP contribution is -2.14. The quantitative estimate of drug-likeness (QED) is 0.720. The van der Waals surface area contributed by atoms with Crippen LogP contribution >= 0.6 is 23.1 Å². The van der Waals surface area contributed by atoms with Crippen LogP contribution in [0.5, 0.6) is 0 Å². The van der Waals surface area contributed by atoms with Crippen molar-refractivity contribution in [1.29, 1.82) is 0 Å². The van der Waals surface area contributed by atoms with E-state index in [1.807, 2.05) is 43.6 Å². The van der Waals surface area contributed by atoms with E-state index in [0.29, 0.717) is 10.3 Å². The lowest BCUT2D eigenvalue weighted by Gasteiger charge is -2.01. The minimum Gasteiger partial charge on any atom is -0.312 e. The van der Waals surface area contributed by atoms with Crippen molar-refractivity contribution in [1.82, 2.24) is 19.7 Å². The predicted octanol–water partition coefficient (Wildman–Crippen LogP) is 2.98. The molecule has 0 radical (unpaired) electrons. The Morgan fingerprint density at radius 3 is 2.83 bits per heavy atom. The molecule has 0 saturated heterocycles. The van der Waals surface area contributed by atoms with Gasteiger partial charge in [-0.1, -0.05) is 41.6 Å². The van der Waals surface area contributed by atoms with Crippen LogP contribution in [0.15, 0.2) is 41.1 Å². The summed E-state index contributed by atoms with van der Waals surface area (Å²) in [7, 11) is 1.84. The highest BCUT2D eigenvalue weighted by molar-refractivity contribution is 7.99. The van der Waals surface area contributed by atoms with Gasteiger partial charge in [0.1, 0.15) is 6.33 Å². The van der Waals surface area contributed by atoms with E-state index >= 15 is 0 Å². The summed E-state index contributed by atoms with van der Waals surface area (Å²) in [6.07, 6.45) is 1.61. The Kier molecular flexibility index (Phi) is 4.73. The maximum Gasteiger partial charge on any atom is 0.236 e. The zero-order chi connectivity index (χ0) is 16.2. The third-order valence-corrected chi connectivity index (χ3v) is 4.89. The van der Waals surface area contributed by atoms with Crippen LogP contribution in [0.4, 0.5) is 5.13 Å². The van der Waals surface area contributed by atoms with Crippen LogP contribution in [0.1, 0.15) is 5.56 Å². The van der Waals surface area contributed by atoms with E-state index < -0.39 is 0 Å². The number of aryl methyl sites for hydroxylation is 2. The first-order chi connectivity index (χ1) is 11.1. The minimum absolute atomic E-state index is 0.109. The van der Waals surface area contributed by atoms with Gasteiger partial charge in [-0.05, 0) is 6.92 Å². The molecular formula is C15H15N5OS2. The number of thiazole rings is 1. The van der Waals surface area contributed by atoms with Crippen molar-refractivity contribution in [3.8, 4) is 11.3 Å². The molecule has 1 aromatic carbocycles. The first-order valence-electron chi connectivity index (χ1n) is 6.91. The number of nitrogens with one attached hydrogen (secondary N) is 1. The molecule has 0 spiro atoms. The SMILES string of the molecule is Cc1ccc(-c2csc(NC(=O)CSc3nncn3C)n2)cc1. The van der Waals surface area contributed by atoms with E-state index in [9.17, 15) is 4.79 Å². The zero-order valence-corrected chi connectivity index (χ0v) is 14.3. The Bertz CT molecular complexity index is 809. The monoisotopic (exact) mass is 345 g/mol. The molecule has 0 aliphatic heterocycles. The van der Waals surface area contributed by atoms with Crippen molar-refractivity contribution in [2.75, 3.05) is 11.1 Å². The first kappa shape index (κ1) is 15.7. The Labute approximate surface area is 142 Å². The van der Waals surface area contributed by atoms with E-state index in [1.54, 1.807) is 10.9 Å². The number of hydrogen-bond acceptors (Lipinski definition) is 6. The summed E-state index contributed by atoms with van der Waals surface area (Å²) in [6, 6.07) is 8.15. The molecule has 2 aromatic heterocycles. The second-order valence-electron chi connectivity index (χ2n) is 4.97. The van der Waals surface area contributed by atoms with Crippen LogP contribution in [-0.4, -0.2) is 31.4 Å². The molecule has 0 saturated carbocycles. The summed E-state index contributed by atoms with van der Waals surface area (Å²) < 4.78 is 1.77. The Hall–Kier alpha value is -2.19. The van der Waals surface area contributed by atoms with Gasteiger partial charge in [-0.3, -0.25) is 4.79 Å². The Balaban J connectivity index is 1.59. The van der Waals surface area contributed by atoms with E-state index in [0.717, 1.165) is 11.3 Å². The van der Waals surface area contributed by atoms with Gasteiger partial charge in [0.2, 0.25) is 5.91 Å². The number of amides is 1. The molecule has 8 heteroatoms. The topological polar surface area (TPSA) is 72.7 Å². The standard InChI is InChI=1S/C15H15N5OS2/c1-10-3-5-11(6-4-10)12-7-22-14(17-12)18-13(21)8-23-15-19-16-9-20(15)2/h3-7,9H,8H2,1-2H3,(H,17,18,21). The molecule has 23 heavy (non-hydrogen) atoms. The van der Waals surface area contributed by atoms with Gasteiger partial charge < -0.3 is 9.88 Å². The van der Waals surface area contributed by atoms with Crippen LogP contribution < -0.4 is 5.32 Å². The number of thioether (sulfide) groups is 1. The number of nitrogens with zero attached hydrogens (tertiary/aromatic N) is 4. The number of carbonyl (C=O) groups is 1. The van der Waals surface area contributed by atoms with Gasteiger partial charge in [0, 0.05) is 18.0 Å². The Morgan fingerprint density at radius 1 is 1.35 bits per heavy atom. The van der Waals surface area contributed by atoms with E-state index in [4.69, 9.17) is 0 Å². The predicted molar refractivity (Wildman–Crippen MR) is 92.6 cm³/mol. The van der Waals surface area contributed by atoms with Gasteiger partial charge in [0.15, 0.2) is 10.3 Å². The van der Waals surface area contributed by atoms with Gasteiger partial charge in [-0.15, -0.1) is 21.5 Å². The van der Waals surface area contributed by atoms with Gasteiger partial charge in [-0.25, -0.2) is 4.98 Å². The van der Waals surface area contributed by atoms with Crippen LogP contribution in [0, 0.1) is 6.92 Å². The second kappa shape index (κ2) is 6.93. The number of rotatable bonds is 5. The molecule has 0 unspecified atom stereocenters. The van der Waals surface area contributed by atoms with Gasteiger partial charge in [0.25, 0.3) is 0 Å². The maximum absolute atomic E-state index is 12.0. The number of aromatic nitrogens is 4. The number of carbonyl (C=O) groups excluding carboxylic acids is 1.